The molecule has 0 aromatic carbocycles. The van der Waals surface area contributed by atoms with Crippen molar-refractivity contribution >= 4 is 6.08 Å². The molecule has 0 fully saturated rings. The number of aryl methyl sites for hydroxylation is 1. The number of aromatic nitrogens is 2. The zero-order chi connectivity index (χ0) is 12.8. The van der Waals surface area contributed by atoms with Gasteiger partial charge in [-0.05, 0) is 24.5 Å². The van der Waals surface area contributed by atoms with Gasteiger partial charge in [-0.25, -0.2) is 0 Å². The molecule has 1 aromatic rings. The summed E-state index contributed by atoms with van der Waals surface area (Å²) < 4.78 is 1.99. The summed E-state index contributed by atoms with van der Waals surface area (Å²) in [6, 6.07) is 0.441. The Bertz CT molecular complexity index is 643. The van der Waals surface area contributed by atoms with E-state index >= 15 is 0 Å². The highest BCUT2D eigenvalue weighted by molar-refractivity contribution is 5.63. The van der Waals surface area contributed by atoms with Gasteiger partial charge in [0.15, 0.2) is 0 Å². The van der Waals surface area contributed by atoms with Gasteiger partial charge in [0.25, 0.3) is 0 Å². The van der Waals surface area contributed by atoms with E-state index in [0.29, 0.717) is 12.0 Å². The maximum atomic E-state index is 4.34. The lowest BCUT2D eigenvalue weighted by Crippen LogP contribution is -2.27. The van der Waals surface area contributed by atoms with Gasteiger partial charge in [-0.3, -0.25) is 4.68 Å². The van der Waals surface area contributed by atoms with Crippen molar-refractivity contribution in [2.75, 3.05) is 0 Å². The van der Waals surface area contributed by atoms with Crippen molar-refractivity contribution in [2.24, 2.45) is 13.0 Å². The highest BCUT2D eigenvalue weighted by atomic mass is 15.3. The Morgan fingerprint density at radius 1 is 1.26 bits per heavy atom. The minimum absolute atomic E-state index is 0.441. The molecule has 0 saturated heterocycles. The van der Waals surface area contributed by atoms with Crippen LogP contribution in [-0.2, 0) is 13.5 Å². The number of rotatable bonds is 1. The first kappa shape index (κ1) is 10.9. The Kier molecular flexibility index (Phi) is 2.28. The SMILES string of the molecule is Cn1ncc2c1CCC(C1=CC3C=CC=CC3N1)=C2. The molecular weight excluding hydrogens is 234 g/mol. The van der Waals surface area contributed by atoms with E-state index in [1.54, 1.807) is 0 Å². The van der Waals surface area contributed by atoms with E-state index in [-0.39, 0.29) is 0 Å². The number of fused-ring (bicyclic) bond motifs is 2. The van der Waals surface area contributed by atoms with Crippen LogP contribution in [0.3, 0.4) is 0 Å². The zero-order valence-electron chi connectivity index (χ0n) is 11.0. The minimum atomic E-state index is 0.441. The summed E-state index contributed by atoms with van der Waals surface area (Å²) in [6.45, 7) is 0. The molecule has 0 radical (unpaired) electrons. The summed E-state index contributed by atoms with van der Waals surface area (Å²) in [4.78, 5) is 0. The third kappa shape index (κ3) is 1.69. The van der Waals surface area contributed by atoms with Gasteiger partial charge in [-0.15, -0.1) is 0 Å². The van der Waals surface area contributed by atoms with Crippen molar-refractivity contribution in [2.45, 2.75) is 18.9 Å². The van der Waals surface area contributed by atoms with Gasteiger partial charge >= 0.3 is 0 Å². The molecule has 1 N–H and O–H groups in total. The molecule has 2 atom stereocenters. The fourth-order valence-corrected chi connectivity index (χ4v) is 3.18. The molecule has 1 aliphatic heterocycles. The lowest BCUT2D eigenvalue weighted by atomic mass is 9.94. The van der Waals surface area contributed by atoms with Crippen LogP contribution in [0.4, 0.5) is 0 Å². The fourth-order valence-electron chi connectivity index (χ4n) is 3.18. The van der Waals surface area contributed by atoms with Gasteiger partial charge < -0.3 is 5.32 Å². The van der Waals surface area contributed by atoms with E-state index in [1.807, 2.05) is 17.9 Å². The average molecular weight is 251 g/mol. The van der Waals surface area contributed by atoms with E-state index in [9.17, 15) is 0 Å². The standard InChI is InChI=1S/C16H17N3/c1-19-16-7-6-12(8-13(16)10-17-19)15-9-11-4-2-3-5-14(11)18-15/h2-5,8-11,14,18H,6-7H2,1H3. The zero-order valence-corrected chi connectivity index (χ0v) is 11.0. The highest BCUT2D eigenvalue weighted by Crippen LogP contribution is 2.32. The fraction of sp³-hybridized carbons (Fsp3) is 0.312. The second-order valence-corrected chi connectivity index (χ2v) is 5.44. The topological polar surface area (TPSA) is 29.9 Å². The van der Waals surface area contributed by atoms with Crippen LogP contribution < -0.4 is 5.32 Å². The molecule has 2 aliphatic carbocycles. The molecular formula is C16H17N3. The molecule has 2 heterocycles. The molecule has 96 valence electrons. The Hall–Kier alpha value is -2.03. The quantitative estimate of drug-likeness (QED) is 0.830. The summed E-state index contributed by atoms with van der Waals surface area (Å²) in [5.74, 6) is 0.510. The maximum absolute atomic E-state index is 4.34. The number of hydrogen-bond donors (Lipinski definition) is 1. The first-order chi connectivity index (χ1) is 9.31. The van der Waals surface area contributed by atoms with Crippen LogP contribution in [-0.4, -0.2) is 15.8 Å². The van der Waals surface area contributed by atoms with Gasteiger partial charge in [-0.1, -0.05) is 30.4 Å². The van der Waals surface area contributed by atoms with Crippen LogP contribution in [0, 0.1) is 5.92 Å². The highest BCUT2D eigenvalue weighted by Gasteiger charge is 2.27. The van der Waals surface area contributed by atoms with Crippen LogP contribution in [0.25, 0.3) is 6.08 Å². The number of nitrogens with one attached hydrogen (secondary N) is 1. The summed E-state index contributed by atoms with van der Waals surface area (Å²) in [7, 11) is 2.02. The normalized spacial score (nSPS) is 27.4. The largest absolute Gasteiger partial charge is 0.378 e. The summed E-state index contributed by atoms with van der Waals surface area (Å²) >= 11 is 0. The van der Waals surface area contributed by atoms with Crippen molar-refractivity contribution in [3.05, 3.63) is 59.1 Å². The predicted octanol–water partition coefficient (Wildman–Crippen LogP) is 2.35. The second kappa shape index (κ2) is 3.98. The van der Waals surface area contributed by atoms with Crippen LogP contribution in [0.15, 0.2) is 47.8 Å². The van der Waals surface area contributed by atoms with E-state index in [4.69, 9.17) is 0 Å². The second-order valence-electron chi connectivity index (χ2n) is 5.44. The van der Waals surface area contributed by atoms with Gasteiger partial charge in [-0.2, -0.15) is 5.10 Å². The van der Waals surface area contributed by atoms with Crippen molar-refractivity contribution in [3.63, 3.8) is 0 Å². The Labute approximate surface area is 113 Å². The lowest BCUT2D eigenvalue weighted by Gasteiger charge is -2.19. The van der Waals surface area contributed by atoms with Crippen molar-refractivity contribution in [1.82, 2.24) is 15.1 Å². The molecule has 1 aromatic heterocycles. The summed E-state index contributed by atoms with van der Waals surface area (Å²) in [5, 5.41) is 7.97. The number of nitrogens with zero attached hydrogens (tertiary/aromatic N) is 2. The van der Waals surface area contributed by atoms with Crippen LogP contribution >= 0.6 is 0 Å². The van der Waals surface area contributed by atoms with Gasteiger partial charge in [0.05, 0.1) is 12.2 Å². The van der Waals surface area contributed by atoms with E-state index in [2.05, 4.69) is 46.9 Å². The van der Waals surface area contributed by atoms with Crippen LogP contribution in [0.2, 0.25) is 0 Å². The first-order valence-corrected chi connectivity index (χ1v) is 6.86. The van der Waals surface area contributed by atoms with Gasteiger partial charge in [0.1, 0.15) is 0 Å². The van der Waals surface area contributed by atoms with Crippen LogP contribution in [0.5, 0.6) is 0 Å². The van der Waals surface area contributed by atoms with Gasteiger partial charge in [0, 0.05) is 29.9 Å². The third-order valence-corrected chi connectivity index (χ3v) is 4.26. The summed E-state index contributed by atoms with van der Waals surface area (Å²) in [6.07, 6.45) is 17.6. The van der Waals surface area contributed by atoms with E-state index in [1.165, 1.54) is 22.5 Å². The monoisotopic (exact) mass is 251 g/mol. The molecule has 0 amide bonds. The van der Waals surface area contributed by atoms with Crippen molar-refractivity contribution in [3.8, 4) is 0 Å². The predicted molar refractivity (Wildman–Crippen MR) is 76.3 cm³/mol. The smallest absolute Gasteiger partial charge is 0.0565 e. The molecule has 4 rings (SSSR count). The Morgan fingerprint density at radius 3 is 3.05 bits per heavy atom. The van der Waals surface area contributed by atoms with E-state index < -0.39 is 0 Å². The van der Waals surface area contributed by atoms with Crippen molar-refractivity contribution in [1.29, 1.82) is 0 Å². The number of hydrogen-bond acceptors (Lipinski definition) is 2. The van der Waals surface area contributed by atoms with Crippen LogP contribution in [0.1, 0.15) is 17.7 Å². The minimum Gasteiger partial charge on any atom is -0.378 e. The molecule has 19 heavy (non-hydrogen) atoms. The average Bonchev–Trinajstić information content (AvgIpc) is 3.02. The summed E-state index contributed by atoms with van der Waals surface area (Å²) in [5.41, 5.74) is 5.34. The molecule has 3 aliphatic rings. The Balaban J connectivity index is 1.66. The molecule has 2 unspecified atom stereocenters. The third-order valence-electron chi connectivity index (χ3n) is 4.26. The lowest BCUT2D eigenvalue weighted by molar-refractivity contribution is 0.636. The maximum Gasteiger partial charge on any atom is 0.0565 e. The Morgan fingerprint density at radius 2 is 2.16 bits per heavy atom. The van der Waals surface area contributed by atoms with Gasteiger partial charge in [0.2, 0.25) is 0 Å². The van der Waals surface area contributed by atoms with E-state index in [0.717, 1.165) is 12.8 Å². The molecule has 0 bridgehead atoms. The first-order valence-electron chi connectivity index (χ1n) is 6.86. The molecule has 0 saturated carbocycles. The molecule has 3 heteroatoms. The molecule has 3 nitrogen and oxygen atoms in total. The molecule has 0 spiro atoms. The van der Waals surface area contributed by atoms with Crippen molar-refractivity contribution < 1.29 is 0 Å². The number of allylic oxidation sites excluding steroid dienone is 3.